The van der Waals surface area contributed by atoms with Gasteiger partial charge >= 0.3 is 0 Å². The van der Waals surface area contributed by atoms with Gasteiger partial charge in [0.2, 0.25) is 0 Å². The van der Waals surface area contributed by atoms with Gasteiger partial charge in [0, 0.05) is 43.7 Å². The summed E-state index contributed by atoms with van der Waals surface area (Å²) in [6.07, 6.45) is 0. The lowest BCUT2D eigenvalue weighted by atomic mass is 10.1. The van der Waals surface area contributed by atoms with Gasteiger partial charge in [0.1, 0.15) is 5.75 Å². The normalized spacial score (nSPS) is 14.8. The summed E-state index contributed by atoms with van der Waals surface area (Å²) in [5.41, 5.74) is 0.617. The van der Waals surface area contributed by atoms with E-state index in [0.717, 1.165) is 29.0 Å². The Morgan fingerprint density at radius 2 is 2.00 bits per heavy atom. The van der Waals surface area contributed by atoms with Crippen LogP contribution in [0.1, 0.15) is 20.0 Å². The Balaban J connectivity index is 1.46. The monoisotopic (exact) mass is 451 g/mol. The molecule has 0 unspecified atom stereocenters. The van der Waals surface area contributed by atoms with E-state index in [9.17, 15) is 9.59 Å². The average Bonchev–Trinajstić information content (AvgIpc) is 3.23. The fourth-order valence-electron chi connectivity index (χ4n) is 2.96. The molecule has 0 spiro atoms. The SMILES string of the molecule is COc1ccc(Br)c(C(=O)N2CCN(CCNC(=O)c3cccs3)CC2)c1. The largest absolute Gasteiger partial charge is 0.497 e. The molecule has 0 bridgehead atoms. The minimum Gasteiger partial charge on any atom is -0.497 e. The topological polar surface area (TPSA) is 61.9 Å². The molecular formula is C19H22BrN3O3S. The molecule has 0 radical (unpaired) electrons. The zero-order valence-corrected chi connectivity index (χ0v) is 17.5. The maximum atomic E-state index is 12.8. The fraction of sp³-hybridized carbons (Fsp3) is 0.368. The number of thiophene rings is 1. The van der Waals surface area contributed by atoms with Crippen LogP contribution in [0, 0.1) is 0 Å². The summed E-state index contributed by atoms with van der Waals surface area (Å²) in [4.78, 5) is 29.6. The van der Waals surface area contributed by atoms with E-state index in [-0.39, 0.29) is 11.8 Å². The van der Waals surface area contributed by atoms with Crippen LogP contribution < -0.4 is 10.1 Å². The Morgan fingerprint density at radius 3 is 2.67 bits per heavy atom. The highest BCUT2D eigenvalue weighted by Gasteiger charge is 2.23. The molecule has 144 valence electrons. The molecule has 0 atom stereocenters. The molecule has 0 saturated carbocycles. The summed E-state index contributed by atoms with van der Waals surface area (Å²) in [6, 6.07) is 9.11. The second kappa shape index (κ2) is 9.34. The number of nitrogens with one attached hydrogen (secondary N) is 1. The average molecular weight is 452 g/mol. The van der Waals surface area contributed by atoms with Crippen molar-refractivity contribution < 1.29 is 14.3 Å². The molecule has 1 aliphatic heterocycles. The van der Waals surface area contributed by atoms with Crippen LogP contribution in [-0.2, 0) is 0 Å². The van der Waals surface area contributed by atoms with E-state index in [1.165, 1.54) is 11.3 Å². The summed E-state index contributed by atoms with van der Waals surface area (Å²) in [5, 5.41) is 4.84. The molecule has 1 aromatic carbocycles. The van der Waals surface area contributed by atoms with Gasteiger partial charge in [-0.3, -0.25) is 14.5 Å². The van der Waals surface area contributed by atoms with E-state index in [0.29, 0.717) is 30.9 Å². The van der Waals surface area contributed by atoms with Crippen LogP contribution in [0.25, 0.3) is 0 Å². The van der Waals surface area contributed by atoms with Crippen molar-refractivity contribution in [3.8, 4) is 5.75 Å². The summed E-state index contributed by atoms with van der Waals surface area (Å²) >= 11 is 4.89. The zero-order valence-electron chi connectivity index (χ0n) is 15.1. The molecule has 3 rings (SSSR count). The molecule has 6 nitrogen and oxygen atoms in total. The lowest BCUT2D eigenvalue weighted by Crippen LogP contribution is -2.50. The Kier molecular flexibility index (Phi) is 6.87. The predicted octanol–water partition coefficient (Wildman–Crippen LogP) is 2.71. The molecule has 2 aromatic rings. The number of halogens is 1. The van der Waals surface area contributed by atoms with Gasteiger partial charge < -0.3 is 15.0 Å². The Morgan fingerprint density at radius 1 is 1.22 bits per heavy atom. The molecule has 27 heavy (non-hydrogen) atoms. The maximum Gasteiger partial charge on any atom is 0.261 e. The number of hydrogen-bond acceptors (Lipinski definition) is 5. The maximum absolute atomic E-state index is 12.8. The second-order valence-electron chi connectivity index (χ2n) is 6.21. The van der Waals surface area contributed by atoms with Crippen LogP contribution >= 0.6 is 27.3 Å². The van der Waals surface area contributed by atoms with Gasteiger partial charge in [-0.25, -0.2) is 0 Å². The van der Waals surface area contributed by atoms with Crippen molar-refractivity contribution in [1.82, 2.24) is 15.1 Å². The number of nitrogens with zero attached hydrogens (tertiary/aromatic N) is 2. The summed E-state index contributed by atoms with van der Waals surface area (Å²) in [6.45, 7) is 4.31. The fourth-order valence-corrected chi connectivity index (χ4v) is 4.02. The minimum atomic E-state index is -0.0262. The molecule has 8 heteroatoms. The zero-order chi connectivity index (χ0) is 19.2. The lowest BCUT2D eigenvalue weighted by Gasteiger charge is -2.35. The third-order valence-corrected chi connectivity index (χ3v) is 6.08. The number of benzene rings is 1. The summed E-state index contributed by atoms with van der Waals surface area (Å²) in [7, 11) is 1.59. The van der Waals surface area contributed by atoms with E-state index in [4.69, 9.17) is 4.74 Å². The number of ether oxygens (including phenoxy) is 1. The van der Waals surface area contributed by atoms with E-state index in [1.54, 1.807) is 13.2 Å². The van der Waals surface area contributed by atoms with Crippen LogP contribution in [0.15, 0.2) is 40.2 Å². The Bertz CT molecular complexity index is 790. The highest BCUT2D eigenvalue weighted by atomic mass is 79.9. The minimum absolute atomic E-state index is 0.00595. The number of amides is 2. The summed E-state index contributed by atoms with van der Waals surface area (Å²) < 4.78 is 5.99. The number of piperazine rings is 1. The van der Waals surface area contributed by atoms with Gasteiger partial charge in [-0.15, -0.1) is 11.3 Å². The molecule has 1 aliphatic rings. The smallest absolute Gasteiger partial charge is 0.261 e. The van der Waals surface area contributed by atoms with Gasteiger partial charge in [0.25, 0.3) is 11.8 Å². The van der Waals surface area contributed by atoms with Crippen LogP contribution in [0.4, 0.5) is 0 Å². The standard InChI is InChI=1S/C19H22BrN3O3S/c1-26-14-4-5-16(20)15(13-14)19(25)23-10-8-22(9-11-23)7-6-21-18(24)17-3-2-12-27-17/h2-5,12-13H,6-11H2,1H3,(H,21,24). The van der Waals surface area contributed by atoms with Gasteiger partial charge in [0.15, 0.2) is 0 Å². The molecule has 1 aromatic heterocycles. The van der Waals surface area contributed by atoms with Gasteiger partial charge in [-0.05, 0) is 45.6 Å². The highest BCUT2D eigenvalue weighted by molar-refractivity contribution is 9.10. The van der Waals surface area contributed by atoms with Crippen molar-refractivity contribution in [1.29, 1.82) is 0 Å². The number of carbonyl (C=O) groups excluding carboxylic acids is 2. The summed E-state index contributed by atoms with van der Waals surface area (Å²) in [5.74, 6) is 0.648. The van der Waals surface area contributed by atoms with E-state index in [1.807, 2.05) is 34.5 Å². The number of carbonyl (C=O) groups is 2. The van der Waals surface area contributed by atoms with Crippen molar-refractivity contribution in [2.24, 2.45) is 0 Å². The third kappa shape index (κ3) is 5.09. The lowest BCUT2D eigenvalue weighted by molar-refractivity contribution is 0.0637. The first-order valence-electron chi connectivity index (χ1n) is 8.75. The van der Waals surface area contributed by atoms with Crippen LogP contribution in [-0.4, -0.2) is 68.0 Å². The third-order valence-electron chi connectivity index (χ3n) is 4.52. The van der Waals surface area contributed by atoms with Crippen molar-refractivity contribution in [2.45, 2.75) is 0 Å². The molecule has 0 aliphatic carbocycles. The van der Waals surface area contributed by atoms with E-state index < -0.39 is 0 Å². The van der Waals surface area contributed by atoms with Crippen LogP contribution in [0.5, 0.6) is 5.75 Å². The first kappa shape index (κ1) is 19.9. The van der Waals surface area contributed by atoms with Crippen LogP contribution in [0.3, 0.4) is 0 Å². The van der Waals surface area contributed by atoms with Crippen molar-refractivity contribution >= 4 is 39.1 Å². The molecular weight excluding hydrogens is 430 g/mol. The van der Waals surface area contributed by atoms with Crippen molar-refractivity contribution in [2.75, 3.05) is 46.4 Å². The first-order chi connectivity index (χ1) is 13.1. The number of rotatable bonds is 6. The van der Waals surface area contributed by atoms with Crippen molar-refractivity contribution in [3.63, 3.8) is 0 Å². The van der Waals surface area contributed by atoms with E-state index >= 15 is 0 Å². The quantitative estimate of drug-likeness (QED) is 0.733. The Hall–Kier alpha value is -1.90. The highest BCUT2D eigenvalue weighted by Crippen LogP contribution is 2.24. The molecule has 1 fully saturated rings. The number of hydrogen-bond donors (Lipinski definition) is 1. The Labute approximate surface area is 171 Å². The van der Waals surface area contributed by atoms with Crippen LogP contribution in [0.2, 0.25) is 0 Å². The van der Waals surface area contributed by atoms with Gasteiger partial charge in [-0.1, -0.05) is 6.07 Å². The molecule has 1 N–H and O–H groups in total. The molecule has 2 heterocycles. The van der Waals surface area contributed by atoms with Gasteiger partial charge in [-0.2, -0.15) is 0 Å². The molecule has 1 saturated heterocycles. The predicted molar refractivity (Wildman–Crippen MR) is 110 cm³/mol. The molecule has 2 amide bonds. The number of methoxy groups -OCH3 is 1. The van der Waals surface area contributed by atoms with E-state index in [2.05, 4.69) is 26.1 Å². The second-order valence-corrected chi connectivity index (χ2v) is 8.01. The van der Waals surface area contributed by atoms with Gasteiger partial charge in [0.05, 0.1) is 17.6 Å². The first-order valence-corrected chi connectivity index (χ1v) is 10.4. The van der Waals surface area contributed by atoms with Crippen molar-refractivity contribution in [3.05, 3.63) is 50.6 Å².